The molecule has 0 spiro atoms. The second-order valence-electron chi connectivity index (χ2n) is 15.9. The summed E-state index contributed by atoms with van der Waals surface area (Å²) in [5.41, 5.74) is 13.3. The van der Waals surface area contributed by atoms with Crippen molar-refractivity contribution in [1.29, 1.82) is 0 Å². The summed E-state index contributed by atoms with van der Waals surface area (Å²) in [6, 6.07) is 79.9. The molecule has 4 nitrogen and oxygen atoms in total. The molecule has 0 aliphatic carbocycles. The summed E-state index contributed by atoms with van der Waals surface area (Å²) in [7, 11) is 0. The van der Waals surface area contributed by atoms with E-state index < -0.39 is 5.41 Å². The first-order valence-corrected chi connectivity index (χ1v) is 20.9. The third-order valence-corrected chi connectivity index (χ3v) is 12.7. The molecule has 4 heterocycles. The van der Waals surface area contributed by atoms with Crippen molar-refractivity contribution in [2.24, 2.45) is 0 Å². The molecule has 12 aromatic rings. The Balaban J connectivity index is 1.07. The van der Waals surface area contributed by atoms with E-state index in [0.717, 1.165) is 22.7 Å². The number of benzene rings is 8. The predicted octanol–water partition coefficient (Wildman–Crippen LogP) is 13.8. The van der Waals surface area contributed by atoms with Crippen LogP contribution in [0.5, 0.6) is 0 Å². The summed E-state index contributed by atoms with van der Waals surface area (Å²) in [6.07, 6.45) is 8.68. The van der Waals surface area contributed by atoms with Crippen molar-refractivity contribution in [3.05, 3.63) is 265 Å². The zero-order chi connectivity index (χ0) is 40.3. The van der Waals surface area contributed by atoms with Gasteiger partial charge in [-0.25, -0.2) is 0 Å². The standard InChI is InChI=1S/C57H40N4/c1-5-13-53-41(9-1)33-37-58(53)49-25-17-45(18-26-49)57(46-19-27-50(28-20-46)59-38-34-42-10-2-6-14-54(42)59,47-21-29-51(30-22-47)60-39-35-43-11-3-7-15-55(43)60)48-23-31-52(32-24-48)61-40-36-44-12-4-8-16-56(44)61/h1-40H. The van der Waals surface area contributed by atoms with Crippen molar-refractivity contribution in [2.75, 3.05) is 0 Å². The minimum absolute atomic E-state index is 0.677. The number of para-hydroxylation sites is 4. The Morgan fingerprint density at radius 3 is 0.656 bits per heavy atom. The molecule has 0 N–H and O–H groups in total. The summed E-state index contributed by atoms with van der Waals surface area (Å²) >= 11 is 0. The van der Waals surface area contributed by atoms with Crippen molar-refractivity contribution < 1.29 is 0 Å². The highest BCUT2D eigenvalue weighted by molar-refractivity contribution is 5.84. The average Bonchev–Trinajstić information content (AvgIpc) is 4.16. The van der Waals surface area contributed by atoms with Crippen LogP contribution in [0.3, 0.4) is 0 Å². The van der Waals surface area contributed by atoms with Gasteiger partial charge in [-0.15, -0.1) is 0 Å². The second kappa shape index (κ2) is 14.0. The van der Waals surface area contributed by atoms with Gasteiger partial charge in [0.05, 0.1) is 27.5 Å². The van der Waals surface area contributed by atoms with E-state index in [9.17, 15) is 0 Å². The molecule has 4 aromatic heterocycles. The van der Waals surface area contributed by atoms with Crippen LogP contribution in [0, 0.1) is 0 Å². The predicted molar refractivity (Wildman–Crippen MR) is 252 cm³/mol. The number of hydrogen-bond donors (Lipinski definition) is 0. The molecular formula is C57H40N4. The van der Waals surface area contributed by atoms with Gasteiger partial charge >= 0.3 is 0 Å². The molecule has 8 aromatic carbocycles. The Hall–Kier alpha value is -8.08. The topological polar surface area (TPSA) is 19.7 Å². The second-order valence-corrected chi connectivity index (χ2v) is 15.9. The zero-order valence-corrected chi connectivity index (χ0v) is 33.4. The van der Waals surface area contributed by atoms with Crippen LogP contribution in [-0.2, 0) is 5.41 Å². The van der Waals surface area contributed by atoms with Gasteiger partial charge in [-0.3, -0.25) is 0 Å². The van der Waals surface area contributed by atoms with Crippen LogP contribution in [-0.4, -0.2) is 18.3 Å². The van der Waals surface area contributed by atoms with Gasteiger partial charge in [0.1, 0.15) is 0 Å². The van der Waals surface area contributed by atoms with Gasteiger partial charge in [0.15, 0.2) is 0 Å². The molecule has 4 heteroatoms. The third kappa shape index (κ3) is 5.61. The van der Waals surface area contributed by atoms with Crippen molar-refractivity contribution in [3.8, 4) is 22.7 Å². The first-order chi connectivity index (χ1) is 30.2. The molecule has 0 aliphatic rings. The van der Waals surface area contributed by atoms with Crippen LogP contribution in [0.2, 0.25) is 0 Å². The Morgan fingerprint density at radius 2 is 0.426 bits per heavy atom. The number of fused-ring (bicyclic) bond motifs is 4. The molecule has 0 saturated heterocycles. The molecule has 0 amide bonds. The quantitative estimate of drug-likeness (QED) is 0.137. The first kappa shape index (κ1) is 34.9. The number of rotatable bonds is 8. The Morgan fingerprint density at radius 1 is 0.213 bits per heavy atom. The van der Waals surface area contributed by atoms with Gasteiger partial charge in [0.25, 0.3) is 0 Å². The number of aromatic nitrogens is 4. The summed E-state index contributed by atoms with van der Waals surface area (Å²) in [6.45, 7) is 0. The van der Waals surface area contributed by atoms with E-state index >= 15 is 0 Å². The van der Waals surface area contributed by atoms with Crippen molar-refractivity contribution in [2.45, 2.75) is 5.41 Å². The van der Waals surface area contributed by atoms with Crippen LogP contribution >= 0.6 is 0 Å². The molecule has 0 saturated carbocycles. The highest BCUT2D eigenvalue weighted by Gasteiger charge is 2.39. The lowest BCUT2D eigenvalue weighted by atomic mass is 9.65. The van der Waals surface area contributed by atoms with Gasteiger partial charge in [0.2, 0.25) is 0 Å². The fourth-order valence-electron chi connectivity index (χ4n) is 9.72. The fraction of sp³-hybridized carbons (Fsp3) is 0.0175. The summed E-state index contributed by atoms with van der Waals surface area (Å²) in [5.74, 6) is 0. The molecule has 0 radical (unpaired) electrons. The number of nitrogens with zero attached hydrogens (tertiary/aromatic N) is 4. The lowest BCUT2D eigenvalue weighted by Crippen LogP contribution is -2.31. The van der Waals surface area contributed by atoms with E-state index in [2.05, 4.69) is 261 Å². The molecule has 0 bridgehead atoms. The molecular weight excluding hydrogens is 741 g/mol. The summed E-state index contributed by atoms with van der Waals surface area (Å²) in [4.78, 5) is 0. The van der Waals surface area contributed by atoms with Gasteiger partial charge in [0, 0.05) is 47.5 Å². The highest BCUT2D eigenvalue weighted by atomic mass is 15.0. The van der Waals surface area contributed by atoms with Gasteiger partial charge < -0.3 is 18.3 Å². The van der Waals surface area contributed by atoms with Crippen molar-refractivity contribution >= 4 is 43.6 Å². The molecule has 0 atom stereocenters. The average molecular weight is 781 g/mol. The zero-order valence-electron chi connectivity index (χ0n) is 33.4. The van der Waals surface area contributed by atoms with Crippen LogP contribution in [0.1, 0.15) is 22.3 Å². The molecule has 288 valence electrons. The molecule has 0 aliphatic heterocycles. The lowest BCUT2D eigenvalue weighted by molar-refractivity contribution is 0.743. The first-order valence-electron chi connectivity index (χ1n) is 20.9. The maximum atomic E-state index is 2.33. The third-order valence-electron chi connectivity index (χ3n) is 12.7. The number of hydrogen-bond acceptors (Lipinski definition) is 0. The molecule has 0 unspecified atom stereocenters. The Labute approximate surface area is 354 Å². The van der Waals surface area contributed by atoms with E-state index in [0.29, 0.717) is 0 Å². The fourth-order valence-corrected chi connectivity index (χ4v) is 9.72. The van der Waals surface area contributed by atoms with Gasteiger partial charge in [-0.05, 0) is 141 Å². The van der Waals surface area contributed by atoms with E-state index in [1.54, 1.807) is 0 Å². The minimum atomic E-state index is -0.677. The van der Waals surface area contributed by atoms with E-state index in [1.165, 1.54) is 65.9 Å². The monoisotopic (exact) mass is 780 g/mol. The molecule has 12 rings (SSSR count). The van der Waals surface area contributed by atoms with Gasteiger partial charge in [-0.2, -0.15) is 0 Å². The summed E-state index contributed by atoms with van der Waals surface area (Å²) in [5, 5.41) is 4.90. The van der Waals surface area contributed by atoms with Crippen molar-refractivity contribution in [1.82, 2.24) is 18.3 Å². The van der Waals surface area contributed by atoms with E-state index in [1.807, 2.05) is 0 Å². The van der Waals surface area contributed by atoms with Crippen LogP contribution < -0.4 is 0 Å². The van der Waals surface area contributed by atoms with Crippen LogP contribution in [0.15, 0.2) is 243 Å². The largest absolute Gasteiger partial charge is 0.317 e. The Bertz CT molecular complexity index is 3030. The smallest absolute Gasteiger partial charge is 0.0701 e. The SMILES string of the molecule is c1ccc2c(c1)ccn2-c1ccc(C(c2ccc(-n3ccc4ccccc43)cc2)(c2ccc(-n3ccc4ccccc43)cc2)c2ccc(-n3ccc4ccccc43)cc2)cc1. The van der Waals surface area contributed by atoms with Crippen LogP contribution in [0.25, 0.3) is 66.4 Å². The summed E-state index contributed by atoms with van der Waals surface area (Å²) < 4.78 is 9.12. The van der Waals surface area contributed by atoms with Crippen LogP contribution in [0.4, 0.5) is 0 Å². The van der Waals surface area contributed by atoms with E-state index in [-0.39, 0.29) is 0 Å². The minimum Gasteiger partial charge on any atom is -0.317 e. The maximum absolute atomic E-state index is 2.33. The molecule has 61 heavy (non-hydrogen) atoms. The highest BCUT2D eigenvalue weighted by Crippen LogP contribution is 2.46. The lowest BCUT2D eigenvalue weighted by Gasteiger charge is -2.37. The maximum Gasteiger partial charge on any atom is 0.0701 e. The van der Waals surface area contributed by atoms with E-state index in [4.69, 9.17) is 0 Å². The van der Waals surface area contributed by atoms with Gasteiger partial charge in [-0.1, -0.05) is 121 Å². The normalized spacial score (nSPS) is 11.9. The van der Waals surface area contributed by atoms with Crippen molar-refractivity contribution in [3.63, 3.8) is 0 Å². The Kier molecular flexibility index (Phi) is 8.04. The molecule has 0 fully saturated rings.